The molecule has 7 nitrogen and oxygen atoms in total. The summed E-state index contributed by atoms with van der Waals surface area (Å²) < 4.78 is 66.7. The van der Waals surface area contributed by atoms with Gasteiger partial charge >= 0.3 is 0 Å². The summed E-state index contributed by atoms with van der Waals surface area (Å²) in [6, 6.07) is 7.06. The van der Waals surface area contributed by atoms with Gasteiger partial charge in [-0.2, -0.15) is 13.1 Å². The number of carbonyl (C=O) groups excluding carboxylic acids is 1. The lowest BCUT2D eigenvalue weighted by atomic mass is 10.1. The van der Waals surface area contributed by atoms with Crippen LogP contribution >= 0.6 is 0 Å². The quantitative estimate of drug-likeness (QED) is 0.681. The molecule has 0 saturated carbocycles. The number of amides is 1. The monoisotopic (exact) mass is 467 g/mol. The zero-order valence-corrected chi connectivity index (χ0v) is 17.8. The number of pyridine rings is 1. The average Bonchev–Trinajstić information content (AvgIpc) is 3.33. The molecule has 1 N–H and O–H groups in total. The predicted molar refractivity (Wildman–Crippen MR) is 108 cm³/mol. The summed E-state index contributed by atoms with van der Waals surface area (Å²) in [5.41, 5.74) is 1.24. The minimum atomic E-state index is -3.95. The van der Waals surface area contributed by atoms with Gasteiger partial charge in [-0.05, 0) is 41.0 Å². The molecule has 2 aliphatic rings. The lowest BCUT2D eigenvalue weighted by molar-refractivity contribution is -0.139. The van der Waals surface area contributed by atoms with E-state index in [0.717, 1.165) is 41.6 Å². The Labute approximate surface area is 182 Å². The van der Waals surface area contributed by atoms with Crippen molar-refractivity contribution in [3.63, 3.8) is 0 Å². The maximum absolute atomic E-state index is 13.3. The van der Waals surface area contributed by atoms with Gasteiger partial charge in [-0.1, -0.05) is 12.1 Å². The molecule has 2 aromatic rings. The van der Waals surface area contributed by atoms with E-state index in [1.807, 2.05) is 0 Å². The number of aliphatic hydroxyl groups excluding tert-OH is 1. The zero-order chi connectivity index (χ0) is 23.3. The van der Waals surface area contributed by atoms with Gasteiger partial charge in [-0.3, -0.25) is 9.78 Å². The van der Waals surface area contributed by atoms with Gasteiger partial charge in [0.15, 0.2) is 6.10 Å². The van der Waals surface area contributed by atoms with E-state index >= 15 is 0 Å². The number of carbonyl (C=O) groups is 1. The highest BCUT2D eigenvalue weighted by Gasteiger charge is 2.39. The Morgan fingerprint density at radius 3 is 2.16 bits per heavy atom. The Hall–Kier alpha value is -2.76. The fraction of sp³-hybridized carbons (Fsp3) is 0.333. The molecule has 11 heteroatoms. The van der Waals surface area contributed by atoms with Gasteiger partial charge in [0.1, 0.15) is 16.4 Å². The van der Waals surface area contributed by atoms with Crippen LogP contribution in [0.3, 0.4) is 0 Å². The van der Waals surface area contributed by atoms with Crippen LogP contribution in [0.25, 0.3) is 0 Å². The Morgan fingerprint density at radius 1 is 1.06 bits per heavy atom. The minimum absolute atomic E-state index is 0.0553. The van der Waals surface area contributed by atoms with Crippen molar-refractivity contribution in [1.29, 1.82) is 0 Å². The zero-order valence-electron chi connectivity index (χ0n) is 17.0. The molecule has 3 heterocycles. The number of rotatable bonds is 5. The van der Waals surface area contributed by atoms with Crippen molar-refractivity contribution in [1.82, 2.24) is 14.2 Å². The second kappa shape index (κ2) is 7.98. The first-order valence-corrected chi connectivity index (χ1v) is 11.2. The molecule has 1 amide bonds. The summed E-state index contributed by atoms with van der Waals surface area (Å²) in [7, 11) is -3.95. The molecule has 170 valence electrons. The minimum Gasteiger partial charge on any atom is -0.378 e. The van der Waals surface area contributed by atoms with E-state index in [4.69, 9.17) is 0 Å². The van der Waals surface area contributed by atoms with Crippen LogP contribution in [-0.2, 0) is 20.7 Å². The van der Waals surface area contributed by atoms with Gasteiger partial charge in [0, 0.05) is 39.3 Å². The van der Waals surface area contributed by atoms with Crippen LogP contribution in [0.5, 0.6) is 0 Å². The van der Waals surface area contributed by atoms with Crippen molar-refractivity contribution < 1.29 is 31.5 Å². The first-order chi connectivity index (χ1) is 15.0. The van der Waals surface area contributed by atoms with Crippen LogP contribution in [0.2, 0.25) is 0 Å². The van der Waals surface area contributed by atoms with E-state index in [1.54, 1.807) is 0 Å². The number of halogens is 3. The van der Waals surface area contributed by atoms with Crippen molar-refractivity contribution in [3.05, 3.63) is 70.8 Å². The molecular weight excluding hydrogens is 447 g/mol. The van der Waals surface area contributed by atoms with Crippen LogP contribution in [-0.4, -0.2) is 59.8 Å². The van der Waals surface area contributed by atoms with Crippen LogP contribution in [0.15, 0.2) is 58.6 Å². The van der Waals surface area contributed by atoms with Crippen LogP contribution in [0.1, 0.15) is 24.3 Å². The van der Waals surface area contributed by atoms with Crippen molar-refractivity contribution in [2.75, 3.05) is 26.2 Å². The molecule has 0 fully saturated rings. The van der Waals surface area contributed by atoms with Crippen LogP contribution in [0, 0.1) is 5.82 Å². The van der Waals surface area contributed by atoms with Crippen LogP contribution in [0.4, 0.5) is 13.2 Å². The predicted octanol–water partition coefficient (Wildman–Crippen LogP) is 2.21. The van der Waals surface area contributed by atoms with Crippen molar-refractivity contribution in [2.45, 2.75) is 23.8 Å². The fourth-order valence-corrected chi connectivity index (χ4v) is 5.15. The number of hydrogen-bond acceptors (Lipinski definition) is 5. The van der Waals surface area contributed by atoms with E-state index in [9.17, 15) is 31.5 Å². The third-order valence-corrected chi connectivity index (χ3v) is 7.33. The van der Waals surface area contributed by atoms with Gasteiger partial charge < -0.3 is 10.0 Å². The third-order valence-electron chi connectivity index (χ3n) is 5.55. The summed E-state index contributed by atoms with van der Waals surface area (Å²) in [6.07, 6.45) is -0.530. The maximum Gasteiger partial charge on any atom is 0.286 e. The van der Waals surface area contributed by atoms with Crippen molar-refractivity contribution in [3.8, 4) is 0 Å². The lowest BCUT2D eigenvalue weighted by Gasteiger charge is -2.24. The molecule has 0 bridgehead atoms. The molecular formula is C21H20F3N3O4S. The van der Waals surface area contributed by atoms with E-state index in [-0.39, 0.29) is 36.6 Å². The number of aromatic nitrogens is 1. The molecule has 1 aromatic carbocycles. The molecule has 4 rings (SSSR count). The molecule has 1 aromatic heterocycles. The maximum atomic E-state index is 13.3. The highest BCUT2D eigenvalue weighted by atomic mass is 32.2. The second-order valence-electron chi connectivity index (χ2n) is 7.90. The van der Waals surface area contributed by atoms with Crippen molar-refractivity contribution >= 4 is 15.9 Å². The number of alkyl halides is 2. The van der Waals surface area contributed by atoms with Gasteiger partial charge in [0.05, 0.1) is 0 Å². The normalized spacial score (nSPS) is 18.2. The Kier molecular flexibility index (Phi) is 5.60. The summed E-state index contributed by atoms with van der Waals surface area (Å²) in [6.45, 7) is 1.12. The Bertz CT molecular complexity index is 1160. The smallest absolute Gasteiger partial charge is 0.286 e. The SMILES string of the molecule is CC(F)(F)c1ccc(S(=O)(=O)N2CC3=C(CN(C(=O)[C@H](O)c4ccc(F)cc4)C3)C2)cn1. The molecule has 0 spiro atoms. The summed E-state index contributed by atoms with van der Waals surface area (Å²) >= 11 is 0. The van der Waals surface area contributed by atoms with E-state index in [1.165, 1.54) is 21.3 Å². The molecule has 32 heavy (non-hydrogen) atoms. The number of benzene rings is 1. The Morgan fingerprint density at radius 2 is 1.66 bits per heavy atom. The van der Waals surface area contributed by atoms with Crippen LogP contribution < -0.4 is 0 Å². The second-order valence-corrected chi connectivity index (χ2v) is 9.83. The van der Waals surface area contributed by atoms with Gasteiger partial charge in [0.25, 0.3) is 11.8 Å². The standard InChI is InChI=1S/C21H20F3N3O4S/c1-21(23,24)18-7-6-17(8-25-18)32(30,31)27-11-14-9-26(10-15(14)12-27)20(29)19(28)13-2-4-16(22)5-3-13/h2-8,19,28H,9-12H2,1H3/t19-/m1/s1. The Balaban J connectivity index is 1.41. The molecule has 0 unspecified atom stereocenters. The largest absolute Gasteiger partial charge is 0.378 e. The van der Waals surface area contributed by atoms with Crippen molar-refractivity contribution in [2.24, 2.45) is 0 Å². The van der Waals surface area contributed by atoms with E-state index < -0.39 is 39.5 Å². The number of nitrogens with zero attached hydrogens (tertiary/aromatic N) is 3. The molecule has 0 aliphatic carbocycles. The molecule has 2 aliphatic heterocycles. The molecule has 0 saturated heterocycles. The lowest BCUT2D eigenvalue weighted by Crippen LogP contribution is -2.38. The summed E-state index contributed by atoms with van der Waals surface area (Å²) in [4.78, 5) is 17.4. The average molecular weight is 467 g/mol. The van der Waals surface area contributed by atoms with Gasteiger partial charge in [0.2, 0.25) is 10.0 Å². The number of hydrogen-bond donors (Lipinski definition) is 1. The van der Waals surface area contributed by atoms with Gasteiger partial charge in [-0.25, -0.2) is 12.8 Å². The van der Waals surface area contributed by atoms with E-state index in [2.05, 4.69) is 4.98 Å². The molecule has 0 radical (unpaired) electrons. The molecule has 1 atom stereocenters. The first-order valence-electron chi connectivity index (χ1n) is 9.73. The first kappa shape index (κ1) is 22.4. The van der Waals surface area contributed by atoms with Gasteiger partial charge in [-0.15, -0.1) is 0 Å². The fourth-order valence-electron chi connectivity index (χ4n) is 3.77. The summed E-state index contributed by atoms with van der Waals surface area (Å²) in [5.74, 6) is -4.21. The number of aliphatic hydroxyl groups is 1. The topological polar surface area (TPSA) is 90.8 Å². The highest BCUT2D eigenvalue weighted by Crippen LogP contribution is 2.32. The number of sulfonamides is 1. The third kappa shape index (κ3) is 4.15. The highest BCUT2D eigenvalue weighted by molar-refractivity contribution is 7.89. The van der Waals surface area contributed by atoms with E-state index in [0.29, 0.717) is 6.92 Å². The summed E-state index contributed by atoms with van der Waals surface area (Å²) in [5, 5.41) is 10.3.